The Balaban J connectivity index is 1.61. The minimum absolute atomic E-state index is 0.400. The second kappa shape index (κ2) is 6.44. The number of carbonyl (C=O) groups is 1. The van der Waals surface area contributed by atoms with Gasteiger partial charge in [-0.05, 0) is 50.3 Å². The summed E-state index contributed by atoms with van der Waals surface area (Å²) in [6.07, 6.45) is 7.08. The van der Waals surface area contributed by atoms with Crippen molar-refractivity contribution in [2.24, 2.45) is 5.16 Å². The molecular weight excluding hydrogens is 326 g/mol. The molecule has 0 spiro atoms. The van der Waals surface area contributed by atoms with Crippen LogP contribution in [0.5, 0.6) is 0 Å². The summed E-state index contributed by atoms with van der Waals surface area (Å²) in [7, 11) is 0. The highest BCUT2D eigenvalue weighted by Crippen LogP contribution is 2.34. The Morgan fingerprint density at radius 2 is 1.92 bits per heavy atom. The maximum absolute atomic E-state index is 12.2. The van der Waals surface area contributed by atoms with Crippen molar-refractivity contribution in [3.63, 3.8) is 0 Å². The predicted molar refractivity (Wildman–Crippen MR) is 91.7 cm³/mol. The molecule has 4 nitrogen and oxygen atoms in total. The number of fused-ring (bicyclic) bond motifs is 3. The summed E-state index contributed by atoms with van der Waals surface area (Å²) in [5, 5.41) is 4.68. The molecular formula is C19H18ClNO3. The summed E-state index contributed by atoms with van der Waals surface area (Å²) in [5.41, 5.74) is 3.60. The molecule has 2 aliphatic rings. The molecule has 1 heterocycles. The van der Waals surface area contributed by atoms with Crippen molar-refractivity contribution >= 4 is 23.3 Å². The molecule has 0 unspecified atom stereocenters. The van der Waals surface area contributed by atoms with E-state index < -0.39 is 5.97 Å². The number of halogens is 1. The van der Waals surface area contributed by atoms with Crippen LogP contribution in [0, 0.1) is 0 Å². The summed E-state index contributed by atoms with van der Waals surface area (Å²) >= 11 is 5.91. The number of oxime groups is 1. The van der Waals surface area contributed by atoms with E-state index in [0.29, 0.717) is 10.6 Å². The number of furan rings is 1. The van der Waals surface area contributed by atoms with Gasteiger partial charge in [-0.25, -0.2) is 4.79 Å². The molecule has 2 aromatic rings. The summed E-state index contributed by atoms with van der Waals surface area (Å²) < 4.78 is 6.03. The van der Waals surface area contributed by atoms with E-state index >= 15 is 0 Å². The third kappa shape index (κ3) is 2.86. The Labute approximate surface area is 145 Å². The highest BCUT2D eigenvalue weighted by Gasteiger charge is 2.28. The first-order valence-electron chi connectivity index (χ1n) is 8.40. The maximum atomic E-state index is 12.2. The third-order valence-corrected chi connectivity index (χ3v) is 4.88. The highest BCUT2D eigenvalue weighted by molar-refractivity contribution is 6.30. The van der Waals surface area contributed by atoms with E-state index in [4.69, 9.17) is 20.9 Å². The number of benzene rings is 1. The first-order chi connectivity index (χ1) is 11.7. The summed E-state index contributed by atoms with van der Waals surface area (Å²) in [5.74, 6) is 1.61. The van der Waals surface area contributed by atoms with Gasteiger partial charge in [-0.1, -0.05) is 22.8 Å². The zero-order valence-electron chi connectivity index (χ0n) is 13.3. The van der Waals surface area contributed by atoms with E-state index in [1.54, 1.807) is 24.3 Å². The van der Waals surface area contributed by atoms with Gasteiger partial charge in [-0.2, -0.15) is 0 Å². The van der Waals surface area contributed by atoms with Crippen molar-refractivity contribution in [2.75, 3.05) is 0 Å². The second-order valence-corrected chi connectivity index (χ2v) is 6.73. The molecule has 124 valence electrons. The topological polar surface area (TPSA) is 51.8 Å². The van der Waals surface area contributed by atoms with E-state index in [-0.39, 0.29) is 0 Å². The molecule has 1 aromatic heterocycles. The number of hydrogen-bond donors (Lipinski definition) is 0. The average Bonchev–Trinajstić information content (AvgIpc) is 2.99. The van der Waals surface area contributed by atoms with E-state index in [2.05, 4.69) is 5.16 Å². The third-order valence-electron chi connectivity index (χ3n) is 4.65. The molecule has 0 radical (unpaired) electrons. The predicted octanol–water partition coefficient (Wildman–Crippen LogP) is 4.71. The van der Waals surface area contributed by atoms with Crippen LogP contribution in [0.4, 0.5) is 0 Å². The first-order valence-corrected chi connectivity index (χ1v) is 8.78. The fraction of sp³-hybridized carbons (Fsp3) is 0.368. The minimum Gasteiger partial charge on any atom is -0.465 e. The monoisotopic (exact) mass is 343 g/mol. The lowest BCUT2D eigenvalue weighted by Gasteiger charge is -2.15. The van der Waals surface area contributed by atoms with Crippen LogP contribution in [0.25, 0.3) is 0 Å². The Kier molecular flexibility index (Phi) is 4.15. The van der Waals surface area contributed by atoms with Gasteiger partial charge in [0, 0.05) is 29.0 Å². The van der Waals surface area contributed by atoms with Gasteiger partial charge in [0.05, 0.1) is 11.3 Å². The molecule has 0 atom stereocenters. The van der Waals surface area contributed by atoms with Crippen LogP contribution < -0.4 is 0 Å². The lowest BCUT2D eigenvalue weighted by atomic mass is 9.88. The number of aryl methyl sites for hydroxylation is 2. The smallest absolute Gasteiger partial charge is 0.365 e. The van der Waals surface area contributed by atoms with Crippen molar-refractivity contribution in [1.82, 2.24) is 0 Å². The summed E-state index contributed by atoms with van der Waals surface area (Å²) in [6, 6.07) is 6.68. The maximum Gasteiger partial charge on any atom is 0.365 e. The van der Waals surface area contributed by atoms with Gasteiger partial charge in [0.25, 0.3) is 0 Å². The van der Waals surface area contributed by atoms with E-state index in [1.165, 1.54) is 18.4 Å². The van der Waals surface area contributed by atoms with Crippen molar-refractivity contribution in [2.45, 2.75) is 44.9 Å². The van der Waals surface area contributed by atoms with Gasteiger partial charge < -0.3 is 9.25 Å². The molecule has 0 bridgehead atoms. The summed E-state index contributed by atoms with van der Waals surface area (Å²) in [6.45, 7) is 0. The van der Waals surface area contributed by atoms with Crippen molar-refractivity contribution in [3.05, 3.63) is 57.5 Å². The van der Waals surface area contributed by atoms with Crippen LogP contribution in [-0.4, -0.2) is 11.7 Å². The number of carbonyl (C=O) groups excluding carboxylic acids is 1. The Morgan fingerprint density at radius 1 is 1.08 bits per heavy atom. The molecule has 0 fully saturated rings. The first kappa shape index (κ1) is 15.5. The van der Waals surface area contributed by atoms with Gasteiger partial charge in [-0.3, -0.25) is 0 Å². The van der Waals surface area contributed by atoms with E-state index in [0.717, 1.165) is 54.9 Å². The number of hydrogen-bond acceptors (Lipinski definition) is 4. The largest absolute Gasteiger partial charge is 0.465 e. The number of rotatable bonds is 2. The zero-order valence-corrected chi connectivity index (χ0v) is 14.1. The summed E-state index contributed by atoms with van der Waals surface area (Å²) in [4.78, 5) is 17.4. The van der Waals surface area contributed by atoms with Crippen molar-refractivity contribution in [3.8, 4) is 0 Å². The van der Waals surface area contributed by atoms with Crippen LogP contribution in [-0.2, 0) is 24.1 Å². The fourth-order valence-electron chi connectivity index (χ4n) is 3.53. The minimum atomic E-state index is -0.491. The molecule has 1 aromatic carbocycles. The molecule has 0 aliphatic heterocycles. The Bertz CT molecular complexity index is 822. The molecule has 0 saturated carbocycles. The SMILES string of the molecule is O=C(ON=C1CCCc2oc3c(c21)CCCC3)c1cccc(Cl)c1. The molecule has 0 amide bonds. The number of nitrogens with zero attached hydrogens (tertiary/aromatic N) is 1. The normalized spacial score (nSPS) is 18.1. The Hall–Kier alpha value is -2.07. The highest BCUT2D eigenvalue weighted by atomic mass is 35.5. The van der Waals surface area contributed by atoms with Crippen LogP contribution in [0.2, 0.25) is 5.02 Å². The molecule has 4 rings (SSSR count). The Morgan fingerprint density at radius 3 is 2.79 bits per heavy atom. The fourth-order valence-corrected chi connectivity index (χ4v) is 3.72. The lowest BCUT2D eigenvalue weighted by Crippen LogP contribution is -2.14. The molecule has 0 saturated heterocycles. The van der Waals surface area contributed by atoms with Crippen LogP contribution in [0.1, 0.15) is 58.7 Å². The zero-order chi connectivity index (χ0) is 16.5. The van der Waals surface area contributed by atoms with Crippen LogP contribution in [0.15, 0.2) is 33.8 Å². The lowest BCUT2D eigenvalue weighted by molar-refractivity contribution is 0.0515. The standard InChI is InChI=1S/C19H18ClNO3/c20-13-6-3-5-12(11-13)19(22)24-21-15-8-4-10-17-18(15)14-7-1-2-9-16(14)23-17/h3,5-6,11H,1-2,4,7-10H2. The molecule has 0 N–H and O–H groups in total. The molecule has 24 heavy (non-hydrogen) atoms. The van der Waals surface area contributed by atoms with Gasteiger partial charge in [-0.15, -0.1) is 0 Å². The van der Waals surface area contributed by atoms with Gasteiger partial charge in [0.1, 0.15) is 11.5 Å². The van der Waals surface area contributed by atoms with Gasteiger partial charge in [0.2, 0.25) is 0 Å². The van der Waals surface area contributed by atoms with E-state index in [9.17, 15) is 4.79 Å². The van der Waals surface area contributed by atoms with Crippen LogP contribution >= 0.6 is 11.6 Å². The quantitative estimate of drug-likeness (QED) is 0.586. The van der Waals surface area contributed by atoms with Crippen molar-refractivity contribution in [1.29, 1.82) is 0 Å². The second-order valence-electron chi connectivity index (χ2n) is 6.29. The molecule has 5 heteroatoms. The van der Waals surface area contributed by atoms with Crippen molar-refractivity contribution < 1.29 is 14.0 Å². The van der Waals surface area contributed by atoms with Gasteiger partial charge in [0.15, 0.2) is 0 Å². The average molecular weight is 344 g/mol. The van der Waals surface area contributed by atoms with Gasteiger partial charge >= 0.3 is 5.97 Å². The van der Waals surface area contributed by atoms with E-state index in [1.807, 2.05) is 0 Å². The van der Waals surface area contributed by atoms with Crippen LogP contribution in [0.3, 0.4) is 0 Å². The molecule has 2 aliphatic carbocycles.